The third kappa shape index (κ3) is 4.96. The first-order valence-corrected chi connectivity index (χ1v) is 22.9. The third-order valence-electron chi connectivity index (χ3n) is 14.7. The van der Waals surface area contributed by atoms with Crippen LogP contribution in [0, 0.1) is 12.1 Å². The molecule has 0 fully saturated rings. The Bertz CT molecular complexity index is 3630. The van der Waals surface area contributed by atoms with E-state index in [4.69, 9.17) is 15.0 Å². The number of hydrogen-bond acceptors (Lipinski definition) is 3. The van der Waals surface area contributed by atoms with E-state index in [2.05, 4.69) is 200 Å². The molecule has 4 aliphatic carbocycles. The zero-order chi connectivity index (χ0) is 43.4. The molecule has 306 valence electrons. The Kier molecular flexibility index (Phi) is 7.86. The van der Waals surface area contributed by atoms with Gasteiger partial charge in [0, 0.05) is 22.1 Å². The molecular formula is C63H39N3. The smallest absolute Gasteiger partial charge is 0.164 e. The summed E-state index contributed by atoms with van der Waals surface area (Å²) < 4.78 is 0. The largest absolute Gasteiger partial charge is 0.208 e. The lowest BCUT2D eigenvalue weighted by molar-refractivity contribution is 0.633. The van der Waals surface area contributed by atoms with E-state index in [1.54, 1.807) is 0 Å². The van der Waals surface area contributed by atoms with Gasteiger partial charge in [-0.15, -0.1) is 0 Å². The lowest BCUT2D eigenvalue weighted by atomic mass is 9.52. The van der Waals surface area contributed by atoms with E-state index < -0.39 is 10.8 Å². The molecule has 0 atom stereocenters. The molecule has 1 aromatic heterocycles. The molecule has 3 nitrogen and oxygen atoms in total. The number of aromatic nitrogens is 3. The molecule has 66 heavy (non-hydrogen) atoms. The first kappa shape index (κ1) is 37.0. The minimum atomic E-state index is -0.621. The molecule has 0 unspecified atom stereocenters. The molecule has 0 amide bonds. The fraction of sp³-hybridized carbons (Fsp3) is 0.0635. The summed E-state index contributed by atoms with van der Waals surface area (Å²) in [5.41, 5.74) is 19.4. The molecule has 3 heteroatoms. The van der Waals surface area contributed by atoms with Crippen molar-refractivity contribution < 1.29 is 0 Å². The molecule has 4 aliphatic rings. The summed E-state index contributed by atoms with van der Waals surface area (Å²) in [4.78, 5) is 15.8. The van der Waals surface area contributed by atoms with E-state index in [1.807, 2.05) is 24.3 Å². The van der Waals surface area contributed by atoms with Crippen molar-refractivity contribution >= 4 is 16.3 Å². The average Bonchev–Trinajstić information content (AvgIpc) is 3.86. The number of nitrogens with zero attached hydrogens (tertiary/aromatic N) is 3. The van der Waals surface area contributed by atoms with E-state index in [0.717, 1.165) is 51.4 Å². The number of hydrogen-bond donors (Lipinski definition) is 0. The van der Waals surface area contributed by atoms with Crippen LogP contribution in [0.4, 0.5) is 0 Å². The summed E-state index contributed by atoms with van der Waals surface area (Å²) in [6, 6.07) is 78.5. The van der Waals surface area contributed by atoms with Crippen molar-refractivity contribution in [2.75, 3.05) is 0 Å². The summed E-state index contributed by atoms with van der Waals surface area (Å²) in [6.45, 7) is 0. The third-order valence-corrected chi connectivity index (χ3v) is 14.7. The lowest BCUT2D eigenvalue weighted by Crippen LogP contribution is -2.43. The Morgan fingerprint density at radius 3 is 1.52 bits per heavy atom. The molecule has 1 heterocycles. The quantitative estimate of drug-likeness (QED) is 0.177. The van der Waals surface area contributed by atoms with Crippen molar-refractivity contribution in [3.05, 3.63) is 275 Å². The second-order valence-corrected chi connectivity index (χ2v) is 17.9. The van der Waals surface area contributed by atoms with Crippen LogP contribution >= 0.6 is 0 Å². The maximum absolute atomic E-state index is 5.34. The van der Waals surface area contributed by atoms with Gasteiger partial charge in [0.05, 0.1) is 10.8 Å². The maximum atomic E-state index is 5.34. The van der Waals surface area contributed by atoms with E-state index in [-0.39, 0.29) is 0 Å². The summed E-state index contributed by atoms with van der Waals surface area (Å²) in [7, 11) is 0. The van der Waals surface area contributed by atoms with Crippen LogP contribution in [0.25, 0.3) is 72.5 Å². The van der Waals surface area contributed by atoms with Gasteiger partial charge in [0.25, 0.3) is 0 Å². The highest BCUT2D eigenvalue weighted by Crippen LogP contribution is 2.67. The Hall–Kier alpha value is -8.45. The fourth-order valence-corrected chi connectivity index (χ4v) is 12.1. The van der Waals surface area contributed by atoms with Crippen LogP contribution < -0.4 is 0 Å². The Balaban J connectivity index is 1.11. The van der Waals surface area contributed by atoms with E-state index >= 15 is 0 Å². The normalized spacial score (nSPS) is 15.0. The van der Waals surface area contributed by atoms with Crippen LogP contribution in [-0.2, 0) is 10.8 Å². The summed E-state index contributed by atoms with van der Waals surface area (Å²) in [5.74, 6) is 1.96. The summed E-state index contributed by atoms with van der Waals surface area (Å²) >= 11 is 0. The van der Waals surface area contributed by atoms with Crippen molar-refractivity contribution in [3.8, 4) is 56.2 Å². The first-order valence-electron chi connectivity index (χ1n) is 22.9. The fourth-order valence-electron chi connectivity index (χ4n) is 12.1. The highest BCUT2D eigenvalue weighted by molar-refractivity contribution is 5.98. The Labute approximate surface area is 384 Å². The number of rotatable bonds is 4. The van der Waals surface area contributed by atoms with E-state index in [0.29, 0.717) is 17.5 Å². The molecule has 0 saturated heterocycles. The summed E-state index contributed by atoms with van der Waals surface area (Å²) in [6.07, 6.45) is 8.56. The standard InChI is InChI=1S/C63H39N3/c1-3-19-40(20-4-1)59-64-60(41-21-5-2-6-22-41)66-61(65-59)50-38-43-24-8-7-23-42(43)37-49(50)44-35-36-57-58(39-44)63(53-31-15-11-27-47(53)48-28-12-16-32-54(48)63)56-34-18-17-33-55(56)62(57)51-29-13-9-25-45(51)46-26-10-14-30-52(46)62/h1,3-5,8-22,24-39H,2,6H2. The zero-order valence-corrected chi connectivity index (χ0v) is 36.0. The second-order valence-electron chi connectivity index (χ2n) is 17.9. The monoisotopic (exact) mass is 837 g/mol. The van der Waals surface area contributed by atoms with Gasteiger partial charge in [-0.2, -0.15) is 0 Å². The second kappa shape index (κ2) is 14.0. The van der Waals surface area contributed by atoms with Crippen LogP contribution in [0.5, 0.6) is 0 Å². The Morgan fingerprint density at radius 2 is 0.909 bits per heavy atom. The average molecular weight is 838 g/mol. The number of allylic oxidation sites excluding steroid dienone is 4. The van der Waals surface area contributed by atoms with Gasteiger partial charge in [-0.25, -0.2) is 15.0 Å². The molecule has 2 spiro atoms. The number of fused-ring (bicyclic) bond motifs is 17. The van der Waals surface area contributed by atoms with Crippen LogP contribution in [0.3, 0.4) is 0 Å². The maximum Gasteiger partial charge on any atom is 0.164 e. The van der Waals surface area contributed by atoms with Gasteiger partial charge in [-0.1, -0.05) is 194 Å². The van der Waals surface area contributed by atoms with Crippen LogP contribution in [0.1, 0.15) is 63.2 Å². The SMILES string of the molecule is c1ccc2cc(-c3nc(C4=CCCC=C4)nc(-c4ccccc4)n3)c(-c3ccc4c(c3)C3(c5ccccc5-c5ccccc53)c3ccccc3C43c4ccccc4-c4ccccc43)cc2c#1. The molecule has 14 rings (SSSR count). The molecular weight excluding hydrogens is 799 g/mol. The predicted octanol–water partition coefficient (Wildman–Crippen LogP) is 14.4. The molecule has 0 radical (unpaired) electrons. The minimum Gasteiger partial charge on any atom is -0.208 e. The van der Waals surface area contributed by atoms with E-state index in [9.17, 15) is 0 Å². The van der Waals surface area contributed by atoms with Gasteiger partial charge in [0.15, 0.2) is 17.5 Å². The molecule has 0 N–H and O–H groups in total. The lowest BCUT2D eigenvalue weighted by Gasteiger charge is -2.49. The topological polar surface area (TPSA) is 38.7 Å². The molecule has 0 saturated carbocycles. The van der Waals surface area contributed by atoms with Gasteiger partial charge in [0.2, 0.25) is 0 Å². The molecule has 9 aromatic carbocycles. The molecule has 10 aromatic rings. The van der Waals surface area contributed by atoms with Crippen molar-refractivity contribution in [3.63, 3.8) is 0 Å². The van der Waals surface area contributed by atoms with Crippen molar-refractivity contribution in [2.45, 2.75) is 23.7 Å². The molecule has 0 aliphatic heterocycles. The van der Waals surface area contributed by atoms with Gasteiger partial charge in [-0.05, 0) is 126 Å². The zero-order valence-electron chi connectivity index (χ0n) is 36.0. The van der Waals surface area contributed by atoms with Crippen molar-refractivity contribution in [2.24, 2.45) is 0 Å². The molecule has 0 bridgehead atoms. The van der Waals surface area contributed by atoms with Gasteiger partial charge in [0.1, 0.15) is 0 Å². The Morgan fingerprint density at radius 1 is 0.379 bits per heavy atom. The summed E-state index contributed by atoms with van der Waals surface area (Å²) in [5, 5.41) is 2.03. The van der Waals surface area contributed by atoms with Gasteiger partial charge < -0.3 is 0 Å². The predicted molar refractivity (Wildman–Crippen MR) is 266 cm³/mol. The first-order chi connectivity index (χ1) is 32.7. The van der Waals surface area contributed by atoms with Crippen LogP contribution in [0.15, 0.2) is 212 Å². The van der Waals surface area contributed by atoms with Crippen LogP contribution in [0.2, 0.25) is 0 Å². The highest BCUT2D eigenvalue weighted by Gasteiger charge is 2.59. The van der Waals surface area contributed by atoms with Crippen molar-refractivity contribution in [1.82, 2.24) is 15.0 Å². The highest BCUT2D eigenvalue weighted by atomic mass is 15.0. The van der Waals surface area contributed by atoms with Gasteiger partial charge in [-0.3, -0.25) is 0 Å². The van der Waals surface area contributed by atoms with E-state index in [1.165, 1.54) is 66.8 Å². The van der Waals surface area contributed by atoms with Gasteiger partial charge >= 0.3 is 0 Å². The number of benzene rings is 8. The minimum absolute atomic E-state index is 0.570. The van der Waals surface area contributed by atoms with Crippen LogP contribution in [-0.4, -0.2) is 15.0 Å². The van der Waals surface area contributed by atoms with Crippen molar-refractivity contribution in [1.29, 1.82) is 0 Å².